The van der Waals surface area contributed by atoms with Crippen LogP contribution in [0.15, 0.2) is 36.8 Å². The Bertz CT molecular complexity index is 593. The fraction of sp³-hybridized carbons (Fsp3) is 0.500. The van der Waals surface area contributed by atoms with Crippen molar-refractivity contribution < 1.29 is 14.3 Å². The average molecular weight is 532 g/mol. The molecule has 0 amide bonds. The van der Waals surface area contributed by atoms with Crippen molar-refractivity contribution >= 4 is 60.8 Å². The van der Waals surface area contributed by atoms with Gasteiger partial charge >= 0.3 is 0 Å². The average Bonchev–Trinajstić information content (AvgIpc) is 2.54. The van der Waals surface area contributed by atoms with Gasteiger partial charge in [-0.3, -0.25) is 0 Å². The second-order valence-corrected chi connectivity index (χ2v) is 8.37. The minimum atomic E-state index is 0.183. The van der Waals surface area contributed by atoms with Crippen molar-refractivity contribution in [3.8, 4) is 11.5 Å². The molecule has 4 nitrogen and oxygen atoms in total. The number of ether oxygens (including phenoxy) is 2. The summed E-state index contributed by atoms with van der Waals surface area (Å²) in [5.41, 5.74) is 0.935. The van der Waals surface area contributed by atoms with E-state index in [4.69, 9.17) is 37.5 Å². The third-order valence-corrected chi connectivity index (χ3v) is 4.57. The molecule has 0 bridgehead atoms. The van der Waals surface area contributed by atoms with Crippen LogP contribution in [-0.4, -0.2) is 25.5 Å². The maximum absolute atomic E-state index is 5.87. The lowest BCUT2D eigenvalue weighted by atomic mass is 10.2. The van der Waals surface area contributed by atoms with Crippen LogP contribution in [0.3, 0.4) is 0 Å². The largest absolute Gasteiger partial charge is 0.491 e. The van der Waals surface area contributed by atoms with E-state index in [0.29, 0.717) is 25.6 Å². The summed E-state index contributed by atoms with van der Waals surface area (Å²) in [7, 11) is 0. The van der Waals surface area contributed by atoms with E-state index < -0.39 is 0 Å². The Balaban J connectivity index is 2.30. The summed E-state index contributed by atoms with van der Waals surface area (Å²) in [6, 6.07) is 3.70. The van der Waals surface area contributed by atoms with Gasteiger partial charge in [0.2, 0.25) is 0 Å². The Labute approximate surface area is 182 Å². The number of benzene rings is 1. The monoisotopic (exact) mass is 529 g/mol. The van der Waals surface area contributed by atoms with E-state index in [9.17, 15) is 0 Å². The zero-order chi connectivity index (χ0) is 19.4. The fourth-order valence-corrected chi connectivity index (χ4v) is 3.43. The van der Waals surface area contributed by atoms with Crippen molar-refractivity contribution in [2.45, 2.75) is 39.5 Å². The maximum atomic E-state index is 5.87. The molecular weight excluding hydrogens is 509 g/mol. The van der Waals surface area contributed by atoms with Crippen LogP contribution in [0.25, 0.3) is 0 Å². The highest BCUT2D eigenvalue weighted by atomic mass is 79.9. The van der Waals surface area contributed by atoms with Gasteiger partial charge in [0.05, 0.1) is 21.3 Å². The Kier molecular flexibility index (Phi) is 12.4. The first kappa shape index (κ1) is 23.6. The van der Waals surface area contributed by atoms with Crippen LogP contribution in [0.4, 0.5) is 0 Å². The van der Waals surface area contributed by atoms with Crippen molar-refractivity contribution in [3.63, 3.8) is 0 Å². The summed E-state index contributed by atoms with van der Waals surface area (Å²) in [4.78, 5) is 5.17. The highest BCUT2D eigenvalue weighted by Crippen LogP contribution is 2.37. The van der Waals surface area contributed by atoms with Crippen molar-refractivity contribution in [2.75, 3.05) is 19.8 Å². The van der Waals surface area contributed by atoms with E-state index in [0.717, 1.165) is 46.1 Å². The summed E-state index contributed by atoms with van der Waals surface area (Å²) in [6.45, 7) is 5.44. The quantitative estimate of drug-likeness (QED) is 0.162. The van der Waals surface area contributed by atoms with E-state index in [1.54, 1.807) is 6.08 Å². The van der Waals surface area contributed by atoms with Gasteiger partial charge in [-0.2, -0.15) is 0 Å². The summed E-state index contributed by atoms with van der Waals surface area (Å²) < 4.78 is 13.3. The lowest BCUT2D eigenvalue weighted by Crippen LogP contribution is -2.00. The number of rotatable bonds is 12. The molecule has 0 atom stereocenters. The molecular formula is C18H23Br2Cl2NO3. The molecule has 0 aromatic heterocycles. The number of halogens is 4. The molecule has 8 heteroatoms. The number of unbranched alkanes of at least 4 members (excludes halogenated alkanes) is 3. The summed E-state index contributed by atoms with van der Waals surface area (Å²) in [6.07, 6.45) is 5.73. The third kappa shape index (κ3) is 10.7. The Morgan fingerprint density at radius 1 is 1.00 bits per heavy atom. The molecule has 0 aliphatic carbocycles. The lowest BCUT2D eigenvalue weighted by Gasteiger charge is -2.12. The van der Waals surface area contributed by atoms with Gasteiger partial charge in [0, 0.05) is 0 Å². The molecule has 0 N–H and O–H groups in total. The van der Waals surface area contributed by atoms with E-state index in [-0.39, 0.29) is 4.49 Å². The first-order valence-electron chi connectivity index (χ1n) is 8.29. The van der Waals surface area contributed by atoms with Crippen LogP contribution >= 0.6 is 55.1 Å². The standard InChI is InChI=1S/C18H23Br2Cl2NO3/c1-13(2)23-26-9-6-4-3-5-8-25-18-15(19)11-14(12-16(18)20)24-10-7-17(21)22/h7,11-12H,3-6,8-10H2,1-2H3. The van der Waals surface area contributed by atoms with Gasteiger partial charge in [0.15, 0.2) is 0 Å². The second-order valence-electron chi connectivity index (χ2n) is 5.66. The molecule has 0 aliphatic heterocycles. The molecule has 1 rings (SSSR count). The minimum Gasteiger partial charge on any atom is -0.491 e. The van der Waals surface area contributed by atoms with Crippen LogP contribution in [0, 0.1) is 0 Å². The molecule has 0 aliphatic rings. The predicted octanol–water partition coefficient (Wildman–Crippen LogP) is 7.26. The van der Waals surface area contributed by atoms with Crippen LogP contribution in [0.2, 0.25) is 0 Å². The van der Waals surface area contributed by atoms with Crippen molar-refractivity contribution in [1.82, 2.24) is 0 Å². The molecule has 0 saturated carbocycles. The van der Waals surface area contributed by atoms with Crippen LogP contribution in [-0.2, 0) is 4.84 Å². The fourth-order valence-electron chi connectivity index (χ4n) is 1.93. The predicted molar refractivity (Wildman–Crippen MR) is 116 cm³/mol. The van der Waals surface area contributed by atoms with Crippen LogP contribution in [0.5, 0.6) is 11.5 Å². The summed E-state index contributed by atoms with van der Waals surface area (Å²) >= 11 is 18.1. The van der Waals surface area contributed by atoms with Crippen molar-refractivity contribution in [2.24, 2.45) is 5.16 Å². The third-order valence-electron chi connectivity index (χ3n) is 3.08. The molecule has 146 valence electrons. The Hall–Kier alpha value is -0.430. The van der Waals surface area contributed by atoms with Gasteiger partial charge in [-0.15, -0.1) is 0 Å². The van der Waals surface area contributed by atoms with Gasteiger partial charge in [0.1, 0.15) is 29.2 Å². The number of nitrogens with zero attached hydrogens (tertiary/aromatic N) is 1. The zero-order valence-corrected chi connectivity index (χ0v) is 19.5. The van der Waals surface area contributed by atoms with Crippen molar-refractivity contribution in [3.05, 3.63) is 31.6 Å². The maximum Gasteiger partial charge on any atom is 0.147 e. The molecule has 0 radical (unpaired) electrons. The SMILES string of the molecule is CC(C)=NOCCCCCCOc1c(Br)cc(OCC=C(Cl)Cl)cc1Br. The van der Waals surface area contributed by atoms with Gasteiger partial charge in [0.25, 0.3) is 0 Å². The van der Waals surface area contributed by atoms with E-state index in [1.165, 1.54) is 0 Å². The molecule has 26 heavy (non-hydrogen) atoms. The molecule has 1 aromatic rings. The van der Waals surface area contributed by atoms with E-state index in [2.05, 4.69) is 37.0 Å². The summed E-state index contributed by atoms with van der Waals surface area (Å²) in [5, 5.41) is 3.91. The van der Waals surface area contributed by atoms with Crippen LogP contribution < -0.4 is 9.47 Å². The first-order chi connectivity index (χ1) is 12.4. The Morgan fingerprint density at radius 2 is 1.62 bits per heavy atom. The Morgan fingerprint density at radius 3 is 2.19 bits per heavy atom. The number of hydrogen-bond acceptors (Lipinski definition) is 4. The molecule has 1 aromatic carbocycles. The molecule has 0 heterocycles. The van der Waals surface area contributed by atoms with Crippen LogP contribution in [0.1, 0.15) is 39.5 Å². The minimum absolute atomic E-state index is 0.183. The van der Waals surface area contributed by atoms with Gasteiger partial charge in [-0.05, 0) is 89.6 Å². The van der Waals surface area contributed by atoms with E-state index >= 15 is 0 Å². The molecule has 0 unspecified atom stereocenters. The first-order valence-corrected chi connectivity index (χ1v) is 10.6. The number of oxime groups is 1. The number of hydrogen-bond donors (Lipinski definition) is 0. The smallest absolute Gasteiger partial charge is 0.147 e. The molecule has 0 spiro atoms. The normalized spacial score (nSPS) is 10.2. The topological polar surface area (TPSA) is 40.0 Å². The highest BCUT2D eigenvalue weighted by Gasteiger charge is 2.09. The second kappa shape index (κ2) is 13.7. The van der Waals surface area contributed by atoms with Crippen molar-refractivity contribution in [1.29, 1.82) is 0 Å². The molecule has 0 fully saturated rings. The van der Waals surface area contributed by atoms with Gasteiger partial charge in [-0.25, -0.2) is 0 Å². The van der Waals surface area contributed by atoms with Gasteiger partial charge < -0.3 is 14.3 Å². The summed E-state index contributed by atoms with van der Waals surface area (Å²) in [5.74, 6) is 1.45. The van der Waals surface area contributed by atoms with Gasteiger partial charge in [-0.1, -0.05) is 28.4 Å². The zero-order valence-electron chi connectivity index (χ0n) is 14.9. The molecule has 0 saturated heterocycles. The highest BCUT2D eigenvalue weighted by molar-refractivity contribution is 9.11. The van der Waals surface area contributed by atoms with E-state index in [1.807, 2.05) is 26.0 Å². The lowest BCUT2D eigenvalue weighted by molar-refractivity contribution is 0.139.